The molecule has 1 aromatic carbocycles. The van der Waals surface area contributed by atoms with Crippen LogP contribution in [0.1, 0.15) is 11.3 Å². The van der Waals surface area contributed by atoms with Crippen LogP contribution in [0.3, 0.4) is 0 Å². The lowest BCUT2D eigenvalue weighted by Crippen LogP contribution is -2.04. The topological polar surface area (TPSA) is 43.8 Å². The van der Waals surface area contributed by atoms with Gasteiger partial charge >= 0.3 is 0 Å². The number of nitrogens with two attached hydrogens (primary N) is 1. The molecule has 0 radical (unpaired) electrons. The molecule has 72 valence electrons. The third-order valence-corrected chi connectivity index (χ3v) is 2.18. The molecule has 2 rings (SSSR count). The Morgan fingerprint density at radius 1 is 1.29 bits per heavy atom. The van der Waals surface area contributed by atoms with E-state index < -0.39 is 0 Å². The van der Waals surface area contributed by atoms with Crippen molar-refractivity contribution >= 4 is 0 Å². The molecule has 0 aliphatic heterocycles. The van der Waals surface area contributed by atoms with Gasteiger partial charge in [0.1, 0.15) is 0 Å². The Hall–Kier alpha value is -1.61. The summed E-state index contributed by atoms with van der Waals surface area (Å²) in [7, 11) is 0. The summed E-state index contributed by atoms with van der Waals surface area (Å²) < 4.78 is 1.86. The molecule has 14 heavy (non-hydrogen) atoms. The van der Waals surface area contributed by atoms with Crippen LogP contribution in [-0.2, 0) is 6.54 Å². The van der Waals surface area contributed by atoms with E-state index in [9.17, 15) is 0 Å². The summed E-state index contributed by atoms with van der Waals surface area (Å²) in [6, 6.07) is 10.0. The zero-order valence-corrected chi connectivity index (χ0v) is 8.14. The highest BCUT2D eigenvalue weighted by Crippen LogP contribution is 2.12. The van der Waals surface area contributed by atoms with Crippen molar-refractivity contribution in [3.8, 4) is 5.69 Å². The summed E-state index contributed by atoms with van der Waals surface area (Å²) >= 11 is 0. The summed E-state index contributed by atoms with van der Waals surface area (Å²) in [5, 5.41) is 4.35. The second kappa shape index (κ2) is 3.64. The van der Waals surface area contributed by atoms with Crippen molar-refractivity contribution in [1.29, 1.82) is 0 Å². The number of hydrogen-bond acceptors (Lipinski definition) is 2. The first kappa shape index (κ1) is 8.97. The van der Waals surface area contributed by atoms with Crippen molar-refractivity contribution in [3.05, 3.63) is 47.8 Å². The normalized spacial score (nSPS) is 10.4. The van der Waals surface area contributed by atoms with Crippen LogP contribution in [-0.4, -0.2) is 9.78 Å². The number of aryl methyl sites for hydroxylation is 1. The summed E-state index contributed by atoms with van der Waals surface area (Å²) in [6.45, 7) is 2.51. The van der Waals surface area contributed by atoms with Gasteiger partial charge in [-0.2, -0.15) is 5.10 Å². The van der Waals surface area contributed by atoms with Gasteiger partial charge < -0.3 is 5.73 Å². The average Bonchev–Trinajstić information content (AvgIpc) is 2.65. The molecule has 0 aliphatic carbocycles. The number of aromatic nitrogens is 2. The molecule has 0 fully saturated rings. The Morgan fingerprint density at radius 2 is 2.07 bits per heavy atom. The summed E-state index contributed by atoms with van der Waals surface area (Å²) in [4.78, 5) is 0. The highest BCUT2D eigenvalue weighted by molar-refractivity contribution is 5.40. The van der Waals surface area contributed by atoms with E-state index >= 15 is 0 Å². The number of para-hydroxylation sites is 1. The van der Waals surface area contributed by atoms with E-state index in [1.165, 1.54) is 0 Å². The quantitative estimate of drug-likeness (QED) is 0.776. The van der Waals surface area contributed by atoms with Crippen molar-refractivity contribution in [2.24, 2.45) is 5.73 Å². The smallest absolute Gasteiger partial charge is 0.0690 e. The molecule has 2 aromatic rings. The molecule has 0 amide bonds. The van der Waals surface area contributed by atoms with Gasteiger partial charge in [0.25, 0.3) is 0 Å². The van der Waals surface area contributed by atoms with Gasteiger partial charge in [0.2, 0.25) is 0 Å². The van der Waals surface area contributed by atoms with E-state index in [1.807, 2.05) is 48.1 Å². The second-order valence-electron chi connectivity index (χ2n) is 3.23. The Kier molecular flexibility index (Phi) is 2.33. The van der Waals surface area contributed by atoms with Crippen molar-refractivity contribution in [2.75, 3.05) is 0 Å². The fourth-order valence-corrected chi connectivity index (χ4v) is 1.46. The van der Waals surface area contributed by atoms with E-state index in [0.717, 1.165) is 16.9 Å². The van der Waals surface area contributed by atoms with Crippen LogP contribution in [0.5, 0.6) is 0 Å². The SMILES string of the molecule is Cc1ccn(-c2ccccc2CN)n1. The predicted molar refractivity (Wildman–Crippen MR) is 56.2 cm³/mol. The Labute approximate surface area is 83.2 Å². The van der Waals surface area contributed by atoms with Crippen LogP contribution in [0.15, 0.2) is 36.5 Å². The van der Waals surface area contributed by atoms with E-state index in [-0.39, 0.29) is 0 Å². The summed E-state index contributed by atoms with van der Waals surface area (Å²) in [6.07, 6.45) is 1.95. The Balaban J connectivity index is 2.50. The molecule has 0 atom stereocenters. The van der Waals surface area contributed by atoms with Gasteiger partial charge in [0.15, 0.2) is 0 Å². The van der Waals surface area contributed by atoms with Gasteiger partial charge in [0.05, 0.1) is 11.4 Å². The van der Waals surface area contributed by atoms with Crippen molar-refractivity contribution in [1.82, 2.24) is 9.78 Å². The van der Waals surface area contributed by atoms with Crippen LogP contribution < -0.4 is 5.73 Å². The number of rotatable bonds is 2. The lowest BCUT2D eigenvalue weighted by molar-refractivity contribution is 0.844. The fourth-order valence-electron chi connectivity index (χ4n) is 1.46. The largest absolute Gasteiger partial charge is 0.326 e. The Morgan fingerprint density at radius 3 is 2.71 bits per heavy atom. The van der Waals surface area contributed by atoms with Gasteiger partial charge in [-0.05, 0) is 24.6 Å². The standard InChI is InChI=1S/C11H13N3/c1-9-6-7-14(13-9)11-5-3-2-4-10(11)8-12/h2-7H,8,12H2,1H3. The first-order valence-corrected chi connectivity index (χ1v) is 4.62. The number of nitrogens with zero attached hydrogens (tertiary/aromatic N) is 2. The highest BCUT2D eigenvalue weighted by atomic mass is 15.3. The maximum atomic E-state index is 5.65. The molecular formula is C11H13N3. The second-order valence-corrected chi connectivity index (χ2v) is 3.23. The first-order valence-electron chi connectivity index (χ1n) is 4.62. The van der Waals surface area contributed by atoms with Crippen molar-refractivity contribution in [2.45, 2.75) is 13.5 Å². The number of hydrogen-bond donors (Lipinski definition) is 1. The lowest BCUT2D eigenvalue weighted by Gasteiger charge is -2.06. The molecule has 0 aliphatic rings. The molecule has 0 bridgehead atoms. The van der Waals surface area contributed by atoms with Gasteiger partial charge in [-0.15, -0.1) is 0 Å². The van der Waals surface area contributed by atoms with E-state index in [1.54, 1.807) is 0 Å². The van der Waals surface area contributed by atoms with Crippen LogP contribution in [0.4, 0.5) is 0 Å². The lowest BCUT2D eigenvalue weighted by atomic mass is 10.2. The predicted octanol–water partition coefficient (Wildman–Crippen LogP) is 1.64. The molecule has 1 aromatic heterocycles. The fraction of sp³-hybridized carbons (Fsp3) is 0.182. The molecule has 0 saturated heterocycles. The first-order chi connectivity index (χ1) is 6.81. The molecule has 0 unspecified atom stereocenters. The van der Waals surface area contributed by atoms with Gasteiger partial charge in [-0.25, -0.2) is 4.68 Å². The van der Waals surface area contributed by atoms with Gasteiger partial charge in [-0.3, -0.25) is 0 Å². The summed E-state index contributed by atoms with van der Waals surface area (Å²) in [5.41, 5.74) is 8.83. The van der Waals surface area contributed by atoms with Gasteiger partial charge in [0, 0.05) is 12.7 Å². The van der Waals surface area contributed by atoms with E-state index in [2.05, 4.69) is 5.10 Å². The van der Waals surface area contributed by atoms with Gasteiger partial charge in [-0.1, -0.05) is 18.2 Å². The monoisotopic (exact) mass is 187 g/mol. The zero-order valence-electron chi connectivity index (χ0n) is 8.14. The number of benzene rings is 1. The summed E-state index contributed by atoms with van der Waals surface area (Å²) in [5.74, 6) is 0. The molecule has 0 saturated carbocycles. The van der Waals surface area contributed by atoms with Crippen molar-refractivity contribution < 1.29 is 0 Å². The maximum absolute atomic E-state index is 5.65. The third kappa shape index (κ3) is 1.54. The molecule has 2 N–H and O–H groups in total. The van der Waals surface area contributed by atoms with Crippen LogP contribution in [0.25, 0.3) is 5.69 Å². The Bertz CT molecular complexity index is 432. The van der Waals surface area contributed by atoms with Crippen LogP contribution in [0.2, 0.25) is 0 Å². The highest BCUT2D eigenvalue weighted by Gasteiger charge is 2.02. The average molecular weight is 187 g/mol. The van der Waals surface area contributed by atoms with Crippen molar-refractivity contribution in [3.63, 3.8) is 0 Å². The minimum atomic E-state index is 0.537. The minimum Gasteiger partial charge on any atom is -0.326 e. The third-order valence-electron chi connectivity index (χ3n) is 2.18. The minimum absolute atomic E-state index is 0.537. The maximum Gasteiger partial charge on any atom is 0.0690 e. The molecule has 3 heteroatoms. The van der Waals surface area contributed by atoms with Crippen LogP contribution >= 0.6 is 0 Å². The molecule has 3 nitrogen and oxygen atoms in total. The van der Waals surface area contributed by atoms with E-state index in [4.69, 9.17) is 5.73 Å². The molecule has 0 spiro atoms. The zero-order chi connectivity index (χ0) is 9.97. The van der Waals surface area contributed by atoms with E-state index in [0.29, 0.717) is 6.54 Å². The molecular weight excluding hydrogens is 174 g/mol. The van der Waals surface area contributed by atoms with Crippen LogP contribution in [0, 0.1) is 6.92 Å². The molecule has 1 heterocycles.